The molecule has 38 heavy (non-hydrogen) atoms. The third-order valence-electron chi connectivity index (χ3n) is 6.65. The normalized spacial score (nSPS) is 17.1. The van der Waals surface area contributed by atoms with Crippen molar-refractivity contribution in [1.82, 2.24) is 35.8 Å². The summed E-state index contributed by atoms with van der Waals surface area (Å²) in [6.45, 7) is 3.29. The SMILES string of the molecule is COCCC(=O)N[C@H]1CC[C@@H](Cn2nnc(-c3cc(C)nc(C(=O)NCc4cccc(OC)c4)c3)n2)CC1. The molecule has 11 nitrogen and oxygen atoms in total. The summed E-state index contributed by atoms with van der Waals surface area (Å²) in [5.74, 6) is 1.37. The molecule has 1 aromatic carbocycles. The van der Waals surface area contributed by atoms with Crippen LogP contribution in [0.4, 0.5) is 0 Å². The highest BCUT2D eigenvalue weighted by molar-refractivity contribution is 5.93. The van der Waals surface area contributed by atoms with Crippen molar-refractivity contribution < 1.29 is 19.1 Å². The van der Waals surface area contributed by atoms with E-state index in [0.29, 0.717) is 54.8 Å². The number of hydrogen-bond acceptors (Lipinski definition) is 8. The third-order valence-corrected chi connectivity index (χ3v) is 6.65. The summed E-state index contributed by atoms with van der Waals surface area (Å²) in [6, 6.07) is 11.3. The van der Waals surface area contributed by atoms with Gasteiger partial charge in [-0.05, 0) is 73.6 Å². The van der Waals surface area contributed by atoms with Crippen LogP contribution in [0.2, 0.25) is 0 Å². The van der Waals surface area contributed by atoms with Gasteiger partial charge in [-0.1, -0.05) is 12.1 Å². The van der Waals surface area contributed by atoms with E-state index in [-0.39, 0.29) is 17.9 Å². The molecule has 1 aliphatic rings. The Balaban J connectivity index is 1.32. The Labute approximate surface area is 222 Å². The van der Waals surface area contributed by atoms with Crippen molar-refractivity contribution in [2.45, 2.75) is 58.2 Å². The van der Waals surface area contributed by atoms with Gasteiger partial charge in [0, 0.05) is 37.4 Å². The van der Waals surface area contributed by atoms with Crippen LogP contribution in [0.3, 0.4) is 0 Å². The molecule has 0 radical (unpaired) electrons. The number of nitrogens with zero attached hydrogens (tertiary/aromatic N) is 5. The molecule has 0 spiro atoms. The molecule has 1 fully saturated rings. The van der Waals surface area contributed by atoms with E-state index in [1.807, 2.05) is 37.3 Å². The van der Waals surface area contributed by atoms with Crippen LogP contribution in [0.1, 0.15) is 53.8 Å². The van der Waals surface area contributed by atoms with E-state index in [1.54, 1.807) is 25.1 Å². The lowest BCUT2D eigenvalue weighted by Crippen LogP contribution is -2.38. The van der Waals surface area contributed by atoms with Crippen molar-refractivity contribution in [3.63, 3.8) is 0 Å². The highest BCUT2D eigenvalue weighted by atomic mass is 16.5. The Morgan fingerprint density at radius 1 is 1.11 bits per heavy atom. The number of methoxy groups -OCH3 is 2. The number of carbonyl (C=O) groups excluding carboxylic acids is 2. The molecule has 0 aliphatic heterocycles. The number of aryl methyl sites for hydroxylation is 1. The van der Waals surface area contributed by atoms with Crippen LogP contribution in [0.25, 0.3) is 11.4 Å². The molecule has 0 saturated heterocycles. The molecule has 4 rings (SSSR count). The maximum absolute atomic E-state index is 12.8. The number of carbonyl (C=O) groups is 2. The first-order valence-electron chi connectivity index (χ1n) is 12.9. The van der Waals surface area contributed by atoms with Crippen LogP contribution >= 0.6 is 0 Å². The monoisotopic (exact) mass is 521 g/mol. The number of pyridine rings is 1. The van der Waals surface area contributed by atoms with Crippen molar-refractivity contribution in [2.24, 2.45) is 5.92 Å². The Bertz CT molecular complexity index is 1240. The van der Waals surface area contributed by atoms with Gasteiger partial charge in [0.25, 0.3) is 5.91 Å². The van der Waals surface area contributed by atoms with Crippen LogP contribution in [0.15, 0.2) is 36.4 Å². The molecule has 1 aliphatic carbocycles. The van der Waals surface area contributed by atoms with E-state index in [4.69, 9.17) is 9.47 Å². The first kappa shape index (κ1) is 27.2. The van der Waals surface area contributed by atoms with Crippen LogP contribution in [0.5, 0.6) is 5.75 Å². The van der Waals surface area contributed by atoms with E-state index in [2.05, 4.69) is 31.0 Å². The topological polar surface area (TPSA) is 133 Å². The Kier molecular flexibility index (Phi) is 9.36. The van der Waals surface area contributed by atoms with E-state index < -0.39 is 0 Å². The molecule has 202 valence electrons. The Morgan fingerprint density at radius 2 is 1.92 bits per heavy atom. The summed E-state index contributed by atoms with van der Waals surface area (Å²) in [6.07, 6.45) is 4.23. The second kappa shape index (κ2) is 13.1. The van der Waals surface area contributed by atoms with Gasteiger partial charge in [-0.25, -0.2) is 4.98 Å². The molecule has 1 saturated carbocycles. The van der Waals surface area contributed by atoms with Gasteiger partial charge in [0.15, 0.2) is 0 Å². The zero-order chi connectivity index (χ0) is 26.9. The number of aromatic nitrogens is 5. The highest BCUT2D eigenvalue weighted by Crippen LogP contribution is 2.26. The number of ether oxygens (including phenoxy) is 2. The predicted molar refractivity (Wildman–Crippen MR) is 140 cm³/mol. The molecule has 3 aromatic rings. The molecular formula is C27H35N7O4. The van der Waals surface area contributed by atoms with E-state index in [1.165, 1.54) is 0 Å². The quantitative estimate of drug-likeness (QED) is 0.394. The number of tetrazole rings is 1. The number of rotatable bonds is 11. The molecule has 2 amide bonds. The minimum atomic E-state index is -0.281. The Morgan fingerprint density at radius 3 is 2.68 bits per heavy atom. The van der Waals surface area contributed by atoms with Gasteiger partial charge in [-0.15, -0.1) is 10.2 Å². The van der Waals surface area contributed by atoms with Gasteiger partial charge >= 0.3 is 0 Å². The van der Waals surface area contributed by atoms with Crippen LogP contribution < -0.4 is 15.4 Å². The third kappa shape index (κ3) is 7.58. The fourth-order valence-electron chi connectivity index (χ4n) is 4.62. The summed E-state index contributed by atoms with van der Waals surface area (Å²) in [4.78, 5) is 30.8. The average molecular weight is 522 g/mol. The zero-order valence-corrected chi connectivity index (χ0v) is 22.1. The number of amides is 2. The fraction of sp³-hybridized carbons (Fsp3) is 0.481. The Hall–Kier alpha value is -3.86. The maximum Gasteiger partial charge on any atom is 0.270 e. The highest BCUT2D eigenvalue weighted by Gasteiger charge is 2.23. The second-order valence-electron chi connectivity index (χ2n) is 9.61. The summed E-state index contributed by atoms with van der Waals surface area (Å²) in [5, 5.41) is 19.0. The van der Waals surface area contributed by atoms with Gasteiger partial charge in [0.2, 0.25) is 11.7 Å². The van der Waals surface area contributed by atoms with Crippen molar-refractivity contribution in [3.8, 4) is 17.1 Å². The summed E-state index contributed by atoms with van der Waals surface area (Å²) < 4.78 is 10.2. The molecule has 2 aromatic heterocycles. The van der Waals surface area contributed by atoms with Crippen molar-refractivity contribution in [1.29, 1.82) is 0 Å². The minimum absolute atomic E-state index is 0.0406. The van der Waals surface area contributed by atoms with E-state index in [0.717, 1.165) is 37.0 Å². The first-order chi connectivity index (χ1) is 18.4. The van der Waals surface area contributed by atoms with Crippen molar-refractivity contribution in [3.05, 3.63) is 53.3 Å². The summed E-state index contributed by atoms with van der Waals surface area (Å²) in [7, 11) is 3.21. The summed E-state index contributed by atoms with van der Waals surface area (Å²) >= 11 is 0. The van der Waals surface area contributed by atoms with Gasteiger partial charge in [0.1, 0.15) is 11.4 Å². The number of hydrogen-bond donors (Lipinski definition) is 2. The van der Waals surface area contributed by atoms with Gasteiger partial charge < -0.3 is 20.1 Å². The molecule has 0 unspecified atom stereocenters. The lowest BCUT2D eigenvalue weighted by molar-refractivity contribution is -0.122. The number of nitrogens with one attached hydrogen (secondary N) is 2. The van der Waals surface area contributed by atoms with Crippen LogP contribution in [-0.4, -0.2) is 63.9 Å². The zero-order valence-electron chi connectivity index (χ0n) is 22.1. The number of benzene rings is 1. The van der Waals surface area contributed by atoms with Crippen LogP contribution in [0, 0.1) is 12.8 Å². The standard InChI is InChI=1S/C27H35N7O4/c1-18-13-21(15-24(29-18)27(36)28-16-20-5-4-6-23(14-20)38-3)26-31-33-34(32-26)17-19-7-9-22(10-8-19)30-25(35)11-12-37-2/h4-6,13-15,19,22H,7-12,16-17H2,1-3H3,(H,28,36)(H,30,35)/t19-,22+. The fourth-order valence-corrected chi connectivity index (χ4v) is 4.62. The van der Waals surface area contributed by atoms with Gasteiger partial charge in [-0.2, -0.15) is 4.80 Å². The molecule has 0 atom stereocenters. The predicted octanol–water partition coefficient (Wildman–Crippen LogP) is 2.69. The molecule has 2 N–H and O–H groups in total. The molecular weight excluding hydrogens is 486 g/mol. The van der Waals surface area contributed by atoms with Crippen LogP contribution in [-0.2, 0) is 22.6 Å². The first-order valence-corrected chi connectivity index (χ1v) is 12.9. The van der Waals surface area contributed by atoms with Crippen molar-refractivity contribution in [2.75, 3.05) is 20.8 Å². The summed E-state index contributed by atoms with van der Waals surface area (Å²) in [5.41, 5.74) is 2.61. The minimum Gasteiger partial charge on any atom is -0.497 e. The largest absolute Gasteiger partial charge is 0.497 e. The van der Waals surface area contributed by atoms with Gasteiger partial charge in [-0.3, -0.25) is 9.59 Å². The smallest absolute Gasteiger partial charge is 0.270 e. The molecule has 0 bridgehead atoms. The lowest BCUT2D eigenvalue weighted by Gasteiger charge is -2.28. The maximum atomic E-state index is 12.8. The lowest BCUT2D eigenvalue weighted by atomic mass is 9.86. The van der Waals surface area contributed by atoms with Crippen molar-refractivity contribution >= 4 is 11.8 Å². The molecule has 2 heterocycles. The average Bonchev–Trinajstić information content (AvgIpc) is 3.40. The molecule has 11 heteroatoms. The van der Waals surface area contributed by atoms with E-state index >= 15 is 0 Å². The second-order valence-corrected chi connectivity index (χ2v) is 9.61. The van der Waals surface area contributed by atoms with E-state index in [9.17, 15) is 9.59 Å². The van der Waals surface area contributed by atoms with Gasteiger partial charge in [0.05, 0.1) is 20.3 Å².